The number of hydrogen-bond acceptors (Lipinski definition) is 6. The zero-order valence-electron chi connectivity index (χ0n) is 15.2. The third kappa shape index (κ3) is 7.43. The van der Waals surface area contributed by atoms with Crippen molar-refractivity contribution in [1.82, 2.24) is 10.6 Å². The molecule has 8 heteroatoms. The first kappa shape index (κ1) is 21.9. The van der Waals surface area contributed by atoms with Gasteiger partial charge >= 0.3 is 11.9 Å². The Morgan fingerprint density at radius 2 is 1.00 bits per heavy atom. The van der Waals surface area contributed by atoms with E-state index in [9.17, 15) is 19.2 Å². The molecule has 0 bridgehead atoms. The summed E-state index contributed by atoms with van der Waals surface area (Å²) in [6, 6.07) is -1.52. The van der Waals surface area contributed by atoms with E-state index in [1.807, 2.05) is 0 Å². The summed E-state index contributed by atoms with van der Waals surface area (Å²) in [6.45, 7) is 7.10. The second kappa shape index (κ2) is 10.6. The van der Waals surface area contributed by atoms with Crippen molar-refractivity contribution < 1.29 is 28.7 Å². The molecule has 2 unspecified atom stereocenters. The van der Waals surface area contributed by atoms with Crippen molar-refractivity contribution in [3.8, 4) is 0 Å². The fourth-order valence-electron chi connectivity index (χ4n) is 1.97. The van der Waals surface area contributed by atoms with Crippen LogP contribution in [0.15, 0.2) is 0 Å². The van der Waals surface area contributed by atoms with Crippen LogP contribution in [0.2, 0.25) is 0 Å². The molecular weight excluding hydrogens is 316 g/mol. The summed E-state index contributed by atoms with van der Waals surface area (Å²) in [6.07, 6.45) is -0.198. The lowest BCUT2D eigenvalue weighted by Gasteiger charge is -2.21. The first-order chi connectivity index (χ1) is 11.1. The van der Waals surface area contributed by atoms with Crippen molar-refractivity contribution in [2.75, 3.05) is 14.2 Å². The first-order valence-corrected chi connectivity index (χ1v) is 7.88. The van der Waals surface area contributed by atoms with Crippen LogP contribution >= 0.6 is 0 Å². The summed E-state index contributed by atoms with van der Waals surface area (Å²) in [5, 5.41) is 5.09. The Morgan fingerprint density at radius 3 is 1.21 bits per heavy atom. The van der Waals surface area contributed by atoms with Gasteiger partial charge in [-0.1, -0.05) is 27.7 Å². The minimum Gasteiger partial charge on any atom is -0.467 e. The standard InChI is InChI=1S/C16H28N2O6/c1-9(2)13(15(21)23-5)17-11(19)7-8-12(20)18-14(10(3)4)16(22)24-6/h9-10,13-14H,7-8H2,1-6H3,(H,17,19)(H,18,20). The lowest BCUT2D eigenvalue weighted by molar-refractivity contribution is -0.147. The highest BCUT2D eigenvalue weighted by Crippen LogP contribution is 2.06. The molecule has 0 fully saturated rings. The monoisotopic (exact) mass is 344 g/mol. The second-order valence-corrected chi connectivity index (χ2v) is 6.12. The van der Waals surface area contributed by atoms with Crippen LogP contribution in [0.25, 0.3) is 0 Å². The molecule has 8 nitrogen and oxygen atoms in total. The Kier molecular flexibility index (Phi) is 9.68. The quantitative estimate of drug-likeness (QED) is 0.586. The van der Waals surface area contributed by atoms with Crippen LogP contribution in [-0.2, 0) is 28.7 Å². The van der Waals surface area contributed by atoms with Crippen molar-refractivity contribution >= 4 is 23.8 Å². The van der Waals surface area contributed by atoms with Gasteiger partial charge in [0, 0.05) is 12.8 Å². The number of hydrogen-bond donors (Lipinski definition) is 2. The van der Waals surface area contributed by atoms with Gasteiger partial charge in [-0.05, 0) is 11.8 Å². The predicted octanol–water partition coefficient (Wildman–Crippen LogP) is 0.394. The van der Waals surface area contributed by atoms with Gasteiger partial charge in [0.25, 0.3) is 0 Å². The number of carbonyl (C=O) groups excluding carboxylic acids is 4. The van der Waals surface area contributed by atoms with E-state index in [0.717, 1.165) is 0 Å². The fraction of sp³-hybridized carbons (Fsp3) is 0.750. The summed E-state index contributed by atoms with van der Waals surface area (Å²) in [5.74, 6) is -2.22. The molecule has 0 spiro atoms. The highest BCUT2D eigenvalue weighted by Gasteiger charge is 2.27. The largest absolute Gasteiger partial charge is 0.467 e. The van der Waals surface area contributed by atoms with Crippen LogP contribution in [0.1, 0.15) is 40.5 Å². The molecule has 2 amide bonds. The molecule has 2 N–H and O–H groups in total. The van der Waals surface area contributed by atoms with Gasteiger partial charge < -0.3 is 20.1 Å². The SMILES string of the molecule is COC(=O)C(NC(=O)CCC(=O)NC(C(=O)OC)C(C)C)C(C)C. The Bertz CT molecular complexity index is 419. The Hall–Kier alpha value is -2.12. The molecule has 0 aliphatic rings. The van der Waals surface area contributed by atoms with Crippen molar-refractivity contribution in [3.05, 3.63) is 0 Å². The summed E-state index contributed by atoms with van der Waals surface area (Å²) in [4.78, 5) is 47.0. The van der Waals surface area contributed by atoms with E-state index in [2.05, 4.69) is 20.1 Å². The number of ether oxygens (including phenoxy) is 2. The van der Waals surface area contributed by atoms with E-state index in [1.54, 1.807) is 27.7 Å². The van der Waals surface area contributed by atoms with Gasteiger partial charge in [0.15, 0.2) is 0 Å². The van der Waals surface area contributed by atoms with Crippen molar-refractivity contribution in [2.45, 2.75) is 52.6 Å². The molecule has 0 aromatic heterocycles. The third-order valence-electron chi connectivity index (χ3n) is 3.46. The lowest BCUT2D eigenvalue weighted by Crippen LogP contribution is -2.46. The van der Waals surface area contributed by atoms with Crippen LogP contribution in [0.5, 0.6) is 0 Å². The molecule has 2 atom stereocenters. The van der Waals surface area contributed by atoms with Gasteiger partial charge in [-0.2, -0.15) is 0 Å². The van der Waals surface area contributed by atoms with Crippen molar-refractivity contribution in [1.29, 1.82) is 0 Å². The molecule has 24 heavy (non-hydrogen) atoms. The van der Waals surface area contributed by atoms with E-state index < -0.39 is 35.8 Å². The number of methoxy groups -OCH3 is 2. The highest BCUT2D eigenvalue weighted by molar-refractivity contribution is 5.89. The summed E-state index contributed by atoms with van der Waals surface area (Å²) >= 11 is 0. The molecule has 0 saturated heterocycles. The Balaban J connectivity index is 4.51. The van der Waals surface area contributed by atoms with Gasteiger partial charge in [-0.15, -0.1) is 0 Å². The summed E-state index contributed by atoms with van der Waals surface area (Å²) in [7, 11) is 2.49. The van der Waals surface area contributed by atoms with Crippen molar-refractivity contribution in [2.24, 2.45) is 11.8 Å². The molecule has 0 rings (SSSR count). The average Bonchev–Trinajstić information content (AvgIpc) is 2.53. The maximum Gasteiger partial charge on any atom is 0.328 e. The maximum absolute atomic E-state index is 11.9. The van der Waals surface area contributed by atoms with Crippen LogP contribution in [0.4, 0.5) is 0 Å². The Labute approximate surface area is 142 Å². The Morgan fingerprint density at radius 1 is 0.708 bits per heavy atom. The average molecular weight is 344 g/mol. The van der Waals surface area contributed by atoms with Crippen LogP contribution in [0.3, 0.4) is 0 Å². The molecule has 0 aliphatic heterocycles. The van der Waals surface area contributed by atoms with Gasteiger partial charge in [-0.3, -0.25) is 9.59 Å². The smallest absolute Gasteiger partial charge is 0.328 e. The number of esters is 2. The van der Waals surface area contributed by atoms with E-state index in [4.69, 9.17) is 0 Å². The molecule has 0 radical (unpaired) electrons. The van der Waals surface area contributed by atoms with Gasteiger partial charge in [-0.25, -0.2) is 9.59 Å². The van der Waals surface area contributed by atoms with E-state index in [-0.39, 0.29) is 24.7 Å². The predicted molar refractivity (Wildman–Crippen MR) is 86.8 cm³/mol. The summed E-state index contributed by atoms with van der Waals surface area (Å²) in [5.41, 5.74) is 0. The number of carbonyl (C=O) groups is 4. The van der Waals surface area contributed by atoms with Crippen LogP contribution in [0, 0.1) is 11.8 Å². The van der Waals surface area contributed by atoms with E-state index >= 15 is 0 Å². The highest BCUT2D eigenvalue weighted by atomic mass is 16.5. The van der Waals surface area contributed by atoms with Gasteiger partial charge in [0.2, 0.25) is 11.8 Å². The number of rotatable bonds is 9. The molecule has 0 saturated carbocycles. The third-order valence-corrected chi connectivity index (χ3v) is 3.46. The maximum atomic E-state index is 11.9. The number of nitrogens with one attached hydrogen (secondary N) is 2. The minimum atomic E-state index is -0.760. The van der Waals surface area contributed by atoms with Crippen molar-refractivity contribution in [3.63, 3.8) is 0 Å². The van der Waals surface area contributed by atoms with E-state index in [0.29, 0.717) is 0 Å². The van der Waals surface area contributed by atoms with Crippen LogP contribution in [-0.4, -0.2) is 50.1 Å². The zero-order chi connectivity index (χ0) is 18.9. The van der Waals surface area contributed by atoms with Gasteiger partial charge in [0.05, 0.1) is 14.2 Å². The minimum absolute atomic E-state index is 0.0992. The number of amides is 2. The second-order valence-electron chi connectivity index (χ2n) is 6.12. The molecule has 0 aromatic rings. The lowest BCUT2D eigenvalue weighted by atomic mass is 10.0. The summed E-state index contributed by atoms with van der Waals surface area (Å²) < 4.78 is 9.27. The molecule has 0 aromatic carbocycles. The molecular formula is C16H28N2O6. The van der Waals surface area contributed by atoms with Crippen LogP contribution < -0.4 is 10.6 Å². The zero-order valence-corrected chi connectivity index (χ0v) is 15.2. The van der Waals surface area contributed by atoms with E-state index in [1.165, 1.54) is 14.2 Å². The van der Waals surface area contributed by atoms with Gasteiger partial charge in [0.1, 0.15) is 12.1 Å². The molecule has 0 heterocycles. The topological polar surface area (TPSA) is 111 Å². The normalized spacial score (nSPS) is 13.2. The molecule has 0 aliphatic carbocycles. The molecule has 138 valence electrons. The fourth-order valence-corrected chi connectivity index (χ4v) is 1.97. The first-order valence-electron chi connectivity index (χ1n) is 7.88.